The SMILES string of the molecule is CC(Sc1ccc(Br)cc1)C(=O)NC1CNCCC1C. The van der Waals surface area contributed by atoms with Crippen LogP contribution in [0.15, 0.2) is 33.6 Å². The third-order valence-electron chi connectivity index (χ3n) is 3.65. The predicted octanol–water partition coefficient (Wildman–Crippen LogP) is 3.04. The van der Waals surface area contributed by atoms with Gasteiger partial charge in [0.05, 0.1) is 5.25 Å². The van der Waals surface area contributed by atoms with Gasteiger partial charge in [-0.25, -0.2) is 0 Å². The first kappa shape index (κ1) is 15.9. The smallest absolute Gasteiger partial charge is 0.233 e. The van der Waals surface area contributed by atoms with Gasteiger partial charge in [-0.05, 0) is 50.1 Å². The van der Waals surface area contributed by atoms with E-state index in [1.807, 2.05) is 31.2 Å². The zero-order valence-electron chi connectivity index (χ0n) is 11.9. The van der Waals surface area contributed by atoms with Gasteiger partial charge < -0.3 is 10.6 Å². The first-order valence-electron chi connectivity index (χ1n) is 6.99. The highest BCUT2D eigenvalue weighted by atomic mass is 79.9. The lowest BCUT2D eigenvalue weighted by atomic mass is 9.95. The summed E-state index contributed by atoms with van der Waals surface area (Å²) >= 11 is 5.01. The van der Waals surface area contributed by atoms with Crippen molar-refractivity contribution in [1.29, 1.82) is 0 Å². The van der Waals surface area contributed by atoms with Crippen molar-refractivity contribution < 1.29 is 4.79 Å². The Bertz CT molecular complexity index is 452. The fourth-order valence-electron chi connectivity index (χ4n) is 2.25. The molecule has 1 aromatic rings. The van der Waals surface area contributed by atoms with E-state index in [0.29, 0.717) is 5.92 Å². The van der Waals surface area contributed by atoms with Crippen LogP contribution in [-0.4, -0.2) is 30.3 Å². The third-order valence-corrected chi connectivity index (χ3v) is 5.29. The van der Waals surface area contributed by atoms with Crippen LogP contribution in [0, 0.1) is 5.92 Å². The minimum Gasteiger partial charge on any atom is -0.351 e. The standard InChI is InChI=1S/C15H21BrN2OS/c1-10-7-8-17-9-14(10)18-15(19)11(2)20-13-5-3-12(16)4-6-13/h3-6,10-11,14,17H,7-9H2,1-2H3,(H,18,19). The van der Waals surface area contributed by atoms with Crippen LogP contribution in [0.1, 0.15) is 20.3 Å². The molecule has 1 aliphatic heterocycles. The third kappa shape index (κ3) is 4.50. The lowest BCUT2D eigenvalue weighted by Crippen LogP contribution is -2.51. The first-order chi connectivity index (χ1) is 9.56. The van der Waals surface area contributed by atoms with Crippen molar-refractivity contribution in [3.8, 4) is 0 Å². The minimum atomic E-state index is -0.0784. The molecule has 1 fully saturated rings. The lowest BCUT2D eigenvalue weighted by Gasteiger charge is -2.31. The van der Waals surface area contributed by atoms with E-state index >= 15 is 0 Å². The van der Waals surface area contributed by atoms with Crippen LogP contribution in [0.5, 0.6) is 0 Å². The molecule has 1 heterocycles. The number of nitrogens with one attached hydrogen (secondary N) is 2. The van der Waals surface area contributed by atoms with Gasteiger partial charge in [0.15, 0.2) is 0 Å². The van der Waals surface area contributed by atoms with Crippen molar-refractivity contribution in [2.75, 3.05) is 13.1 Å². The van der Waals surface area contributed by atoms with Crippen molar-refractivity contribution in [3.63, 3.8) is 0 Å². The quantitative estimate of drug-likeness (QED) is 0.814. The second-order valence-corrected chi connectivity index (χ2v) is 7.63. The molecule has 2 rings (SSSR count). The summed E-state index contributed by atoms with van der Waals surface area (Å²) in [6, 6.07) is 8.32. The fourth-order valence-corrected chi connectivity index (χ4v) is 3.39. The monoisotopic (exact) mass is 356 g/mol. The van der Waals surface area contributed by atoms with E-state index in [9.17, 15) is 4.79 Å². The molecule has 3 unspecified atom stereocenters. The molecule has 2 N–H and O–H groups in total. The van der Waals surface area contributed by atoms with Crippen LogP contribution in [0.2, 0.25) is 0 Å². The van der Waals surface area contributed by atoms with Gasteiger partial charge in [0.25, 0.3) is 0 Å². The average Bonchev–Trinajstić information content (AvgIpc) is 2.44. The Morgan fingerprint density at radius 2 is 2.15 bits per heavy atom. The lowest BCUT2D eigenvalue weighted by molar-refractivity contribution is -0.121. The van der Waals surface area contributed by atoms with Gasteiger partial charge in [-0.2, -0.15) is 0 Å². The maximum atomic E-state index is 12.3. The topological polar surface area (TPSA) is 41.1 Å². The fraction of sp³-hybridized carbons (Fsp3) is 0.533. The van der Waals surface area contributed by atoms with Crippen molar-refractivity contribution in [1.82, 2.24) is 10.6 Å². The Balaban J connectivity index is 1.86. The van der Waals surface area contributed by atoms with Gasteiger partial charge in [-0.3, -0.25) is 4.79 Å². The molecule has 0 aromatic heterocycles. The second-order valence-electron chi connectivity index (χ2n) is 5.30. The second kappa shape index (κ2) is 7.48. The molecule has 110 valence electrons. The first-order valence-corrected chi connectivity index (χ1v) is 8.67. The Labute approximate surface area is 133 Å². The molecule has 1 amide bonds. The molecule has 20 heavy (non-hydrogen) atoms. The van der Waals surface area contributed by atoms with Crippen LogP contribution >= 0.6 is 27.7 Å². The number of halogens is 1. The molecule has 0 aliphatic carbocycles. The van der Waals surface area contributed by atoms with Crippen molar-refractivity contribution in [3.05, 3.63) is 28.7 Å². The molecule has 1 saturated heterocycles. The van der Waals surface area contributed by atoms with Crippen molar-refractivity contribution in [2.24, 2.45) is 5.92 Å². The van der Waals surface area contributed by atoms with Gasteiger partial charge in [-0.1, -0.05) is 22.9 Å². The molecule has 1 aliphatic rings. The summed E-state index contributed by atoms with van der Waals surface area (Å²) in [7, 11) is 0. The van der Waals surface area contributed by atoms with Crippen LogP contribution in [0.3, 0.4) is 0 Å². The number of piperidine rings is 1. The largest absolute Gasteiger partial charge is 0.351 e. The summed E-state index contributed by atoms with van der Waals surface area (Å²) in [6.45, 7) is 6.10. The highest BCUT2D eigenvalue weighted by Gasteiger charge is 2.24. The molecule has 0 spiro atoms. The summed E-state index contributed by atoms with van der Waals surface area (Å²) in [5, 5.41) is 6.43. The number of rotatable bonds is 4. The van der Waals surface area contributed by atoms with E-state index in [0.717, 1.165) is 28.9 Å². The van der Waals surface area contributed by atoms with E-state index in [1.54, 1.807) is 11.8 Å². The summed E-state index contributed by atoms with van der Waals surface area (Å²) in [5.74, 6) is 0.670. The summed E-state index contributed by atoms with van der Waals surface area (Å²) in [6.07, 6.45) is 1.12. The van der Waals surface area contributed by atoms with E-state index in [-0.39, 0.29) is 17.2 Å². The Morgan fingerprint density at radius 3 is 2.80 bits per heavy atom. The average molecular weight is 357 g/mol. The Morgan fingerprint density at radius 1 is 1.45 bits per heavy atom. The van der Waals surface area contributed by atoms with E-state index in [4.69, 9.17) is 0 Å². The number of thioether (sulfide) groups is 1. The molecule has 3 atom stereocenters. The predicted molar refractivity (Wildman–Crippen MR) is 88.0 cm³/mol. The van der Waals surface area contributed by atoms with E-state index in [1.165, 1.54) is 0 Å². The number of carbonyl (C=O) groups is 1. The van der Waals surface area contributed by atoms with Crippen molar-refractivity contribution >= 4 is 33.6 Å². The summed E-state index contributed by atoms with van der Waals surface area (Å²) < 4.78 is 1.06. The van der Waals surface area contributed by atoms with Crippen molar-refractivity contribution in [2.45, 2.75) is 36.5 Å². The minimum absolute atomic E-state index is 0.0784. The number of carbonyl (C=O) groups excluding carboxylic acids is 1. The van der Waals surface area contributed by atoms with Gasteiger partial charge in [0.1, 0.15) is 0 Å². The van der Waals surface area contributed by atoms with E-state index in [2.05, 4.69) is 33.5 Å². The molecular formula is C15H21BrN2OS. The summed E-state index contributed by atoms with van der Waals surface area (Å²) in [5.41, 5.74) is 0. The number of hydrogen-bond donors (Lipinski definition) is 2. The number of benzene rings is 1. The number of hydrogen-bond acceptors (Lipinski definition) is 3. The van der Waals surface area contributed by atoms with Gasteiger partial charge >= 0.3 is 0 Å². The molecule has 0 bridgehead atoms. The van der Waals surface area contributed by atoms with Crippen LogP contribution in [0.25, 0.3) is 0 Å². The Hall–Kier alpha value is -0.520. The normalized spacial score (nSPS) is 24.1. The highest BCUT2D eigenvalue weighted by Crippen LogP contribution is 2.25. The maximum absolute atomic E-state index is 12.3. The zero-order valence-corrected chi connectivity index (χ0v) is 14.3. The zero-order chi connectivity index (χ0) is 14.5. The number of amides is 1. The maximum Gasteiger partial charge on any atom is 0.233 e. The Kier molecular flexibility index (Phi) is 5.93. The summed E-state index contributed by atoms with van der Waals surface area (Å²) in [4.78, 5) is 13.4. The molecule has 1 aromatic carbocycles. The molecular weight excluding hydrogens is 336 g/mol. The van der Waals surface area contributed by atoms with E-state index < -0.39 is 0 Å². The van der Waals surface area contributed by atoms with Crippen LogP contribution < -0.4 is 10.6 Å². The molecule has 0 saturated carbocycles. The van der Waals surface area contributed by atoms with Gasteiger partial charge in [0.2, 0.25) is 5.91 Å². The van der Waals surface area contributed by atoms with Gasteiger partial charge in [-0.15, -0.1) is 11.8 Å². The van der Waals surface area contributed by atoms with Crippen LogP contribution in [0.4, 0.5) is 0 Å². The van der Waals surface area contributed by atoms with Gasteiger partial charge in [0, 0.05) is 22.0 Å². The molecule has 5 heteroatoms. The highest BCUT2D eigenvalue weighted by molar-refractivity contribution is 9.10. The molecule has 0 radical (unpaired) electrons. The van der Waals surface area contributed by atoms with Crippen LogP contribution in [-0.2, 0) is 4.79 Å². The molecule has 3 nitrogen and oxygen atoms in total.